The molecule has 0 aliphatic heterocycles. The first kappa shape index (κ1) is 19.0. The molecule has 0 saturated carbocycles. The molecule has 0 radical (unpaired) electrons. The number of para-hydroxylation sites is 1. The van der Waals surface area contributed by atoms with Gasteiger partial charge in [-0.2, -0.15) is 0 Å². The number of aromatic nitrogens is 5. The highest BCUT2D eigenvalue weighted by Crippen LogP contribution is 2.21. The molecule has 0 saturated heterocycles. The molecule has 0 unspecified atom stereocenters. The molecular formula is C24H22N6O. The lowest BCUT2D eigenvalue weighted by Crippen LogP contribution is -2.24. The van der Waals surface area contributed by atoms with Crippen molar-refractivity contribution in [1.82, 2.24) is 24.5 Å². The van der Waals surface area contributed by atoms with E-state index in [9.17, 15) is 4.79 Å². The third-order valence-electron chi connectivity index (χ3n) is 5.50. The summed E-state index contributed by atoms with van der Waals surface area (Å²) in [5.41, 5.74) is 4.29. The van der Waals surface area contributed by atoms with Crippen LogP contribution in [0.3, 0.4) is 0 Å². The molecule has 3 heterocycles. The van der Waals surface area contributed by atoms with Crippen molar-refractivity contribution in [3.63, 3.8) is 0 Å². The molecule has 0 fully saturated rings. The summed E-state index contributed by atoms with van der Waals surface area (Å²) in [4.78, 5) is 29.4. The minimum absolute atomic E-state index is 0.0212. The fourth-order valence-electron chi connectivity index (χ4n) is 4.03. The van der Waals surface area contributed by atoms with Crippen LogP contribution in [0.2, 0.25) is 0 Å². The van der Waals surface area contributed by atoms with E-state index in [1.165, 1.54) is 6.33 Å². The SMILES string of the molecule is CCc1cccc2cc(CCNc3ncnc4[nH]cnc34)n(-c3ccccc3)c(=O)c12. The zero-order chi connectivity index (χ0) is 21.2. The van der Waals surface area contributed by atoms with E-state index >= 15 is 0 Å². The second-order valence-corrected chi connectivity index (χ2v) is 7.35. The van der Waals surface area contributed by atoms with Gasteiger partial charge in [0.1, 0.15) is 11.8 Å². The van der Waals surface area contributed by atoms with E-state index in [0.717, 1.165) is 34.1 Å². The molecule has 7 nitrogen and oxygen atoms in total. The monoisotopic (exact) mass is 410 g/mol. The normalized spacial score (nSPS) is 11.3. The van der Waals surface area contributed by atoms with Crippen molar-refractivity contribution >= 4 is 27.8 Å². The van der Waals surface area contributed by atoms with Crippen molar-refractivity contribution in [2.45, 2.75) is 19.8 Å². The van der Waals surface area contributed by atoms with Gasteiger partial charge in [-0.1, -0.05) is 43.3 Å². The number of pyridine rings is 1. The van der Waals surface area contributed by atoms with Gasteiger partial charge >= 0.3 is 0 Å². The van der Waals surface area contributed by atoms with E-state index in [1.807, 2.05) is 53.1 Å². The van der Waals surface area contributed by atoms with Crippen LogP contribution in [-0.4, -0.2) is 31.0 Å². The summed E-state index contributed by atoms with van der Waals surface area (Å²) in [6.07, 6.45) is 4.57. The number of hydrogen-bond donors (Lipinski definition) is 2. The minimum atomic E-state index is 0.0212. The van der Waals surface area contributed by atoms with E-state index in [4.69, 9.17) is 0 Å². The summed E-state index contributed by atoms with van der Waals surface area (Å²) < 4.78 is 1.83. The van der Waals surface area contributed by atoms with Gasteiger partial charge in [0.25, 0.3) is 5.56 Å². The van der Waals surface area contributed by atoms with E-state index in [0.29, 0.717) is 29.9 Å². The number of H-pyrrole nitrogens is 1. The van der Waals surface area contributed by atoms with Crippen molar-refractivity contribution in [3.05, 3.63) is 88.9 Å². The Labute approximate surface area is 178 Å². The van der Waals surface area contributed by atoms with Gasteiger partial charge in [0.2, 0.25) is 0 Å². The smallest absolute Gasteiger partial charge is 0.263 e. The summed E-state index contributed by atoms with van der Waals surface area (Å²) in [7, 11) is 0. The Balaban J connectivity index is 1.56. The molecule has 0 amide bonds. The van der Waals surface area contributed by atoms with Gasteiger partial charge in [-0.15, -0.1) is 0 Å². The lowest BCUT2D eigenvalue weighted by Gasteiger charge is -2.16. The summed E-state index contributed by atoms with van der Waals surface area (Å²) in [5, 5.41) is 5.11. The van der Waals surface area contributed by atoms with Crippen LogP contribution in [0.5, 0.6) is 0 Å². The van der Waals surface area contributed by atoms with Gasteiger partial charge in [0, 0.05) is 24.3 Å². The highest BCUT2D eigenvalue weighted by Gasteiger charge is 2.14. The zero-order valence-corrected chi connectivity index (χ0v) is 17.2. The third kappa shape index (κ3) is 3.44. The predicted molar refractivity (Wildman–Crippen MR) is 123 cm³/mol. The fourth-order valence-corrected chi connectivity index (χ4v) is 4.03. The molecular weight excluding hydrogens is 388 g/mol. The van der Waals surface area contributed by atoms with Gasteiger partial charge in [-0.25, -0.2) is 15.0 Å². The molecule has 5 aromatic rings. The molecule has 5 rings (SSSR count). The number of nitrogens with zero attached hydrogens (tertiary/aromatic N) is 4. The molecule has 0 atom stereocenters. The number of rotatable bonds is 6. The maximum atomic E-state index is 13.6. The standard InChI is InChI=1S/C24H22N6O/c1-2-16-7-6-8-17-13-19(30(24(31)20(16)17)18-9-4-3-5-10-18)11-12-25-22-21-23(27-14-26-21)29-15-28-22/h3-10,13-15H,2,11-12H2,1H3,(H2,25,26,27,28,29). The summed E-state index contributed by atoms with van der Waals surface area (Å²) in [6, 6.07) is 18.0. The lowest BCUT2D eigenvalue weighted by atomic mass is 10.0. The van der Waals surface area contributed by atoms with Crippen LogP contribution in [0.25, 0.3) is 27.6 Å². The van der Waals surface area contributed by atoms with Crippen LogP contribution >= 0.6 is 0 Å². The first-order valence-electron chi connectivity index (χ1n) is 10.4. The lowest BCUT2D eigenvalue weighted by molar-refractivity contribution is 0.858. The van der Waals surface area contributed by atoms with Crippen LogP contribution in [0.4, 0.5) is 5.82 Å². The Hall–Kier alpha value is -4.00. The van der Waals surface area contributed by atoms with E-state index < -0.39 is 0 Å². The zero-order valence-electron chi connectivity index (χ0n) is 17.2. The molecule has 0 aliphatic carbocycles. The highest BCUT2D eigenvalue weighted by molar-refractivity contribution is 5.86. The number of fused-ring (bicyclic) bond motifs is 2. The first-order chi connectivity index (χ1) is 15.3. The van der Waals surface area contributed by atoms with Crippen LogP contribution in [-0.2, 0) is 12.8 Å². The van der Waals surface area contributed by atoms with Crippen molar-refractivity contribution in [2.75, 3.05) is 11.9 Å². The Morgan fingerprint density at radius 3 is 2.74 bits per heavy atom. The van der Waals surface area contributed by atoms with Crippen LogP contribution in [0, 0.1) is 0 Å². The van der Waals surface area contributed by atoms with Crippen LogP contribution in [0.15, 0.2) is 72.0 Å². The molecule has 154 valence electrons. The maximum Gasteiger partial charge on any atom is 0.263 e. The van der Waals surface area contributed by atoms with E-state index in [1.54, 1.807) is 6.33 Å². The van der Waals surface area contributed by atoms with E-state index in [2.05, 4.69) is 38.2 Å². The number of nitrogens with one attached hydrogen (secondary N) is 2. The number of aromatic amines is 1. The Morgan fingerprint density at radius 1 is 1.03 bits per heavy atom. The highest BCUT2D eigenvalue weighted by atomic mass is 16.1. The van der Waals surface area contributed by atoms with Crippen molar-refractivity contribution < 1.29 is 0 Å². The van der Waals surface area contributed by atoms with Crippen molar-refractivity contribution in [3.8, 4) is 5.69 Å². The van der Waals surface area contributed by atoms with Gasteiger partial charge in [0.05, 0.1) is 11.7 Å². The number of aryl methyl sites for hydroxylation is 1. The molecule has 2 N–H and O–H groups in total. The summed E-state index contributed by atoms with van der Waals surface area (Å²) in [5.74, 6) is 0.675. The maximum absolute atomic E-state index is 13.6. The number of anilines is 1. The Morgan fingerprint density at radius 2 is 1.90 bits per heavy atom. The second kappa shape index (κ2) is 8.02. The minimum Gasteiger partial charge on any atom is -0.368 e. The summed E-state index contributed by atoms with van der Waals surface area (Å²) >= 11 is 0. The molecule has 0 spiro atoms. The Kier molecular flexibility index (Phi) is 4.92. The quantitative estimate of drug-likeness (QED) is 0.444. The van der Waals surface area contributed by atoms with Gasteiger partial charge in [-0.3, -0.25) is 9.36 Å². The molecule has 0 bridgehead atoms. The van der Waals surface area contributed by atoms with Gasteiger partial charge < -0.3 is 10.3 Å². The van der Waals surface area contributed by atoms with Crippen LogP contribution in [0.1, 0.15) is 18.2 Å². The molecule has 3 aromatic heterocycles. The predicted octanol–water partition coefficient (Wildman–Crippen LogP) is 3.87. The average Bonchev–Trinajstić information content (AvgIpc) is 3.29. The largest absolute Gasteiger partial charge is 0.368 e. The van der Waals surface area contributed by atoms with Crippen molar-refractivity contribution in [1.29, 1.82) is 0 Å². The van der Waals surface area contributed by atoms with Gasteiger partial charge in [0.15, 0.2) is 11.5 Å². The first-order valence-corrected chi connectivity index (χ1v) is 10.4. The molecule has 31 heavy (non-hydrogen) atoms. The Bertz CT molecular complexity index is 1420. The van der Waals surface area contributed by atoms with Gasteiger partial charge in [-0.05, 0) is 35.6 Å². The number of benzene rings is 2. The van der Waals surface area contributed by atoms with E-state index in [-0.39, 0.29) is 5.56 Å². The molecule has 7 heteroatoms. The second-order valence-electron chi connectivity index (χ2n) is 7.35. The third-order valence-corrected chi connectivity index (χ3v) is 5.50. The fraction of sp³-hybridized carbons (Fsp3) is 0.167. The van der Waals surface area contributed by atoms with Crippen molar-refractivity contribution in [2.24, 2.45) is 0 Å². The van der Waals surface area contributed by atoms with Crippen LogP contribution < -0.4 is 10.9 Å². The topological polar surface area (TPSA) is 88.5 Å². The number of imidazole rings is 1. The summed E-state index contributed by atoms with van der Waals surface area (Å²) in [6.45, 7) is 2.68. The number of hydrogen-bond acceptors (Lipinski definition) is 5. The average molecular weight is 410 g/mol. The molecule has 2 aromatic carbocycles. The molecule has 0 aliphatic rings.